The Balaban J connectivity index is 2.55. The Morgan fingerprint density at radius 1 is 1.82 bits per heavy atom. The predicted molar refractivity (Wildman–Crippen MR) is 43.7 cm³/mol. The molecule has 0 spiro atoms. The fourth-order valence-corrected chi connectivity index (χ4v) is 0.792. The summed E-state index contributed by atoms with van der Waals surface area (Å²) in [4.78, 5) is 16.0. The first-order valence-electron chi connectivity index (χ1n) is 3.37. The van der Waals surface area contributed by atoms with Crippen molar-refractivity contribution in [2.24, 2.45) is 4.90 Å². The first-order valence-corrected chi connectivity index (χ1v) is 3.37. The molecule has 0 saturated heterocycles. The van der Waals surface area contributed by atoms with Crippen molar-refractivity contribution < 1.29 is 9.90 Å². The van der Waals surface area contributed by atoms with Gasteiger partial charge in [-0.1, -0.05) is 0 Å². The van der Waals surface area contributed by atoms with Crippen LogP contribution in [0.2, 0.25) is 0 Å². The number of allylic oxidation sites excluding steroid dienone is 1. The summed E-state index contributed by atoms with van der Waals surface area (Å²) in [6.07, 6.45) is 5.11. The molecule has 11 heavy (non-hydrogen) atoms. The van der Waals surface area contributed by atoms with E-state index in [-0.39, 0.29) is 0 Å². The Morgan fingerprint density at radius 3 is 3.00 bits per heavy atom. The average Bonchev–Trinajstić information content (AvgIpc) is 2.05. The second-order valence-electron chi connectivity index (χ2n) is 2.34. The van der Waals surface area contributed by atoms with Gasteiger partial charge in [0.1, 0.15) is 6.04 Å². The lowest BCUT2D eigenvalue weighted by atomic mass is 10.0. The molecule has 0 aromatic rings. The fraction of sp³-hybridized carbons (Fsp3) is 0.333. The average molecular weight is 152 g/mol. The highest BCUT2D eigenvalue weighted by atomic mass is 16.4. The van der Waals surface area contributed by atoms with Gasteiger partial charge in [0.05, 0.1) is 0 Å². The quantitative estimate of drug-likeness (QED) is 0.549. The summed E-state index contributed by atoms with van der Waals surface area (Å²) in [5.41, 5.74) is 0. The molecule has 58 valence electrons. The second kappa shape index (κ2) is 3.23. The molecule has 4 nitrogen and oxygen atoms in total. The van der Waals surface area contributed by atoms with Gasteiger partial charge in [0, 0.05) is 6.21 Å². The molecule has 5 heteroatoms. The number of hydrogen-bond donors (Lipinski definition) is 1. The summed E-state index contributed by atoms with van der Waals surface area (Å²) in [5.74, 6) is -0.827. The lowest BCUT2D eigenvalue weighted by molar-refractivity contribution is -0.140. The molecular weight excluding hydrogens is 143 g/mol. The van der Waals surface area contributed by atoms with Crippen LogP contribution in [0.25, 0.3) is 0 Å². The Hall–Kier alpha value is -1.26. The smallest absolute Gasteiger partial charge is 0.375 e. The molecule has 0 aliphatic carbocycles. The van der Waals surface area contributed by atoms with Crippen molar-refractivity contribution in [2.45, 2.75) is 13.0 Å². The molecule has 0 aromatic carbocycles. The largest absolute Gasteiger partial charge is 0.480 e. The van der Waals surface area contributed by atoms with Crippen LogP contribution in [0.1, 0.15) is 6.92 Å². The molecule has 0 fully saturated rings. The lowest BCUT2D eigenvalue weighted by Gasteiger charge is -2.23. The maximum atomic E-state index is 10.5. The lowest BCUT2D eigenvalue weighted by Crippen LogP contribution is -2.37. The number of aliphatic carboxylic acids is 1. The SMILES string of the molecule is CC(C(=O)O)N1BN=CC=C1. The van der Waals surface area contributed by atoms with Gasteiger partial charge in [0.25, 0.3) is 0 Å². The minimum absolute atomic E-state index is 0.434. The number of rotatable bonds is 2. The topological polar surface area (TPSA) is 52.9 Å². The minimum Gasteiger partial charge on any atom is -0.480 e. The maximum Gasteiger partial charge on any atom is 0.375 e. The number of hydrogen-bond acceptors (Lipinski definition) is 3. The summed E-state index contributed by atoms with van der Waals surface area (Å²) in [6, 6.07) is -0.497. The molecule has 0 saturated carbocycles. The van der Waals surface area contributed by atoms with E-state index in [0.717, 1.165) is 0 Å². The highest BCUT2D eigenvalue weighted by Crippen LogP contribution is 2.00. The van der Waals surface area contributed by atoms with Crippen LogP contribution in [0.4, 0.5) is 0 Å². The molecule has 1 atom stereocenters. The van der Waals surface area contributed by atoms with Crippen molar-refractivity contribution >= 4 is 19.7 Å². The van der Waals surface area contributed by atoms with Crippen LogP contribution < -0.4 is 0 Å². The zero-order valence-electron chi connectivity index (χ0n) is 6.27. The van der Waals surface area contributed by atoms with Crippen LogP contribution in [-0.2, 0) is 4.79 Å². The molecular formula is C6H9BN2O2. The first kappa shape index (κ1) is 7.85. The molecule has 1 N–H and O–H groups in total. The molecule has 1 rings (SSSR count). The monoisotopic (exact) mass is 152 g/mol. The van der Waals surface area contributed by atoms with Crippen LogP contribution in [0, 0.1) is 0 Å². The van der Waals surface area contributed by atoms with Gasteiger partial charge in [-0.25, -0.2) is 0 Å². The third-order valence-electron chi connectivity index (χ3n) is 1.57. The summed E-state index contributed by atoms with van der Waals surface area (Å²) in [6.45, 7) is 1.63. The van der Waals surface area contributed by atoms with Gasteiger partial charge in [0.15, 0.2) is 0 Å². The zero-order chi connectivity index (χ0) is 8.27. The van der Waals surface area contributed by atoms with E-state index in [2.05, 4.69) is 4.90 Å². The maximum absolute atomic E-state index is 10.5. The molecule has 1 aliphatic rings. The third kappa shape index (κ3) is 1.83. The van der Waals surface area contributed by atoms with Gasteiger partial charge in [-0.05, 0) is 19.2 Å². The Bertz CT molecular complexity index is 215. The number of carbonyl (C=O) groups is 1. The molecule has 0 bridgehead atoms. The third-order valence-corrected chi connectivity index (χ3v) is 1.57. The number of carboxylic acids is 1. The van der Waals surface area contributed by atoms with Crippen LogP contribution in [0.5, 0.6) is 0 Å². The van der Waals surface area contributed by atoms with Crippen molar-refractivity contribution in [1.82, 2.24) is 4.81 Å². The van der Waals surface area contributed by atoms with Gasteiger partial charge in [-0.2, -0.15) is 0 Å². The van der Waals surface area contributed by atoms with E-state index in [1.165, 1.54) is 0 Å². The predicted octanol–water partition coefficient (Wildman–Crippen LogP) is -0.374. The Labute approximate surface area is 65.5 Å². The Morgan fingerprint density at radius 2 is 2.55 bits per heavy atom. The van der Waals surface area contributed by atoms with E-state index in [0.29, 0.717) is 7.55 Å². The van der Waals surface area contributed by atoms with E-state index < -0.39 is 12.0 Å². The molecule has 0 amide bonds. The van der Waals surface area contributed by atoms with E-state index in [1.807, 2.05) is 0 Å². The van der Waals surface area contributed by atoms with Crippen molar-refractivity contribution in [2.75, 3.05) is 0 Å². The van der Waals surface area contributed by atoms with Crippen LogP contribution in [0.3, 0.4) is 0 Å². The van der Waals surface area contributed by atoms with Gasteiger partial charge in [-0.3, -0.25) is 4.79 Å². The first-order chi connectivity index (χ1) is 5.22. The summed E-state index contributed by atoms with van der Waals surface area (Å²) < 4.78 is 0. The molecule has 0 aromatic heterocycles. The van der Waals surface area contributed by atoms with Crippen LogP contribution in [-0.4, -0.2) is 35.7 Å². The fourth-order valence-electron chi connectivity index (χ4n) is 0.792. The van der Waals surface area contributed by atoms with Crippen molar-refractivity contribution in [3.05, 3.63) is 12.3 Å². The Kier molecular flexibility index (Phi) is 2.30. The van der Waals surface area contributed by atoms with Gasteiger partial charge < -0.3 is 14.8 Å². The zero-order valence-corrected chi connectivity index (χ0v) is 6.27. The van der Waals surface area contributed by atoms with Crippen molar-refractivity contribution in [1.29, 1.82) is 0 Å². The van der Waals surface area contributed by atoms with E-state index in [1.54, 1.807) is 30.2 Å². The van der Waals surface area contributed by atoms with Crippen molar-refractivity contribution in [3.8, 4) is 0 Å². The molecule has 1 unspecified atom stereocenters. The van der Waals surface area contributed by atoms with Gasteiger partial charge in [0.2, 0.25) is 0 Å². The highest BCUT2D eigenvalue weighted by molar-refractivity contribution is 6.33. The summed E-state index contributed by atoms with van der Waals surface area (Å²) in [5, 5.41) is 8.61. The molecule has 1 aliphatic heterocycles. The van der Waals surface area contributed by atoms with E-state index in [9.17, 15) is 4.79 Å². The minimum atomic E-state index is -0.827. The number of nitrogens with zero attached hydrogens (tertiary/aromatic N) is 2. The summed E-state index contributed by atoms with van der Waals surface area (Å²) in [7, 11) is 0.434. The second-order valence-corrected chi connectivity index (χ2v) is 2.34. The van der Waals surface area contributed by atoms with Crippen LogP contribution >= 0.6 is 0 Å². The van der Waals surface area contributed by atoms with Crippen LogP contribution in [0.15, 0.2) is 17.2 Å². The van der Waals surface area contributed by atoms with E-state index in [4.69, 9.17) is 5.11 Å². The van der Waals surface area contributed by atoms with Gasteiger partial charge >= 0.3 is 13.5 Å². The number of carboxylic acid groups (broad SMARTS) is 1. The molecule has 1 heterocycles. The van der Waals surface area contributed by atoms with Crippen molar-refractivity contribution in [3.63, 3.8) is 0 Å². The van der Waals surface area contributed by atoms with Gasteiger partial charge in [-0.15, -0.1) is 0 Å². The highest BCUT2D eigenvalue weighted by Gasteiger charge is 2.18. The normalized spacial score (nSPS) is 17.7. The standard InChI is InChI=1S/C6H9BN2O2/c1-5(6(10)11)9-4-2-3-8-7-9/h2-5,7H,1H3,(H,10,11). The summed E-state index contributed by atoms with van der Waals surface area (Å²) >= 11 is 0. The van der Waals surface area contributed by atoms with E-state index >= 15 is 0 Å². The molecule has 0 radical (unpaired) electrons.